The number of aliphatic carboxylic acids is 1. The van der Waals surface area contributed by atoms with E-state index in [1.165, 1.54) is 6.07 Å². The Morgan fingerprint density at radius 3 is 2.56 bits per heavy atom. The number of rotatable bonds is 7. The fourth-order valence-corrected chi connectivity index (χ4v) is 5.47. The number of hydrogen-bond donors (Lipinski definition) is 1. The Labute approximate surface area is 199 Å². The van der Waals surface area contributed by atoms with Crippen LogP contribution < -0.4 is 4.74 Å². The van der Waals surface area contributed by atoms with E-state index in [9.17, 15) is 18.0 Å². The quantitative estimate of drug-likeness (QED) is 0.492. The molecule has 7 heteroatoms. The van der Waals surface area contributed by atoms with Gasteiger partial charge in [-0.1, -0.05) is 31.2 Å². The highest BCUT2D eigenvalue weighted by atomic mass is 19.4. The molecule has 0 aromatic heterocycles. The number of carbonyl (C=O) groups is 1. The number of fused-ring (bicyclic) bond motifs is 1. The summed E-state index contributed by atoms with van der Waals surface area (Å²) in [4.78, 5) is 13.3. The SMILES string of the molecule is CC1CCC(Oc2ccc3ccc(CCN4CCC[C@H](CC(=O)O)C4)cc3c2C(F)(F)F)CC1. The van der Waals surface area contributed by atoms with Crippen molar-refractivity contribution in [3.8, 4) is 5.75 Å². The second-order valence-electron chi connectivity index (χ2n) is 10.1. The van der Waals surface area contributed by atoms with Gasteiger partial charge >= 0.3 is 12.1 Å². The van der Waals surface area contributed by atoms with E-state index < -0.39 is 17.7 Å². The first-order chi connectivity index (χ1) is 16.2. The fourth-order valence-electron chi connectivity index (χ4n) is 5.47. The topological polar surface area (TPSA) is 49.8 Å². The van der Waals surface area contributed by atoms with Crippen molar-refractivity contribution >= 4 is 16.7 Å². The normalized spacial score (nSPS) is 24.3. The summed E-state index contributed by atoms with van der Waals surface area (Å²) < 4.78 is 48.6. The van der Waals surface area contributed by atoms with Crippen LogP contribution in [0.3, 0.4) is 0 Å². The maximum atomic E-state index is 14.2. The molecule has 1 heterocycles. The number of alkyl halides is 3. The van der Waals surface area contributed by atoms with Crippen LogP contribution in [0.2, 0.25) is 0 Å². The lowest BCUT2D eigenvalue weighted by molar-refractivity contribution is -0.139. The number of carboxylic acids is 1. The van der Waals surface area contributed by atoms with E-state index >= 15 is 0 Å². The van der Waals surface area contributed by atoms with Crippen LogP contribution in [0.1, 0.15) is 63.0 Å². The molecule has 0 bridgehead atoms. The summed E-state index contributed by atoms with van der Waals surface area (Å²) in [6.07, 6.45) is 1.52. The average molecular weight is 478 g/mol. The number of carboxylic acid groups (broad SMARTS) is 1. The molecule has 0 radical (unpaired) electrons. The van der Waals surface area contributed by atoms with Crippen molar-refractivity contribution in [3.05, 3.63) is 41.5 Å². The lowest BCUT2D eigenvalue weighted by Crippen LogP contribution is -2.37. The zero-order valence-electron chi connectivity index (χ0n) is 19.7. The molecule has 1 saturated carbocycles. The third-order valence-corrected chi connectivity index (χ3v) is 7.37. The van der Waals surface area contributed by atoms with Gasteiger partial charge in [-0.2, -0.15) is 13.2 Å². The van der Waals surface area contributed by atoms with Crippen LogP contribution >= 0.6 is 0 Å². The number of benzene rings is 2. The number of halogens is 3. The summed E-state index contributed by atoms with van der Waals surface area (Å²) in [5.74, 6) is -0.103. The third-order valence-electron chi connectivity index (χ3n) is 7.37. The Hall–Kier alpha value is -2.28. The Bertz CT molecular complexity index is 999. The number of hydrogen-bond acceptors (Lipinski definition) is 3. The summed E-state index contributed by atoms with van der Waals surface area (Å²) in [6.45, 7) is 4.51. The number of nitrogens with zero attached hydrogens (tertiary/aromatic N) is 1. The molecule has 1 aliphatic carbocycles. The van der Waals surface area contributed by atoms with Crippen LogP contribution in [0.5, 0.6) is 5.75 Å². The van der Waals surface area contributed by atoms with Gasteiger partial charge in [0.1, 0.15) is 11.3 Å². The zero-order chi connectivity index (χ0) is 24.3. The van der Waals surface area contributed by atoms with Crippen LogP contribution in [0.15, 0.2) is 30.3 Å². The fraction of sp³-hybridized carbons (Fsp3) is 0.593. The van der Waals surface area contributed by atoms with Gasteiger partial charge in [-0.3, -0.25) is 4.79 Å². The van der Waals surface area contributed by atoms with Gasteiger partial charge < -0.3 is 14.7 Å². The van der Waals surface area contributed by atoms with Crippen molar-refractivity contribution in [2.75, 3.05) is 19.6 Å². The second kappa shape index (κ2) is 10.5. The Balaban J connectivity index is 1.52. The first-order valence-electron chi connectivity index (χ1n) is 12.4. The van der Waals surface area contributed by atoms with Gasteiger partial charge in [-0.15, -0.1) is 0 Å². The van der Waals surface area contributed by atoms with E-state index in [1.54, 1.807) is 18.2 Å². The second-order valence-corrected chi connectivity index (χ2v) is 10.1. The molecule has 2 fully saturated rings. The standard InChI is InChI=1S/C27H34F3NO3/c1-18-4-9-22(10-5-18)34-24-11-8-21-7-6-19(15-23(21)26(24)27(28,29)30)12-14-31-13-2-3-20(17-31)16-25(32)33/h6-8,11,15,18,20,22H,2-5,9-10,12-14,16-17H2,1H3,(H,32,33)/t18?,20-,22?/m1/s1. The van der Waals surface area contributed by atoms with E-state index in [0.29, 0.717) is 24.3 Å². The maximum Gasteiger partial charge on any atom is 0.420 e. The lowest BCUT2D eigenvalue weighted by Gasteiger charge is -2.32. The van der Waals surface area contributed by atoms with Crippen LogP contribution in [0, 0.1) is 11.8 Å². The maximum absolute atomic E-state index is 14.2. The molecule has 1 saturated heterocycles. The molecule has 1 N–H and O–H groups in total. The minimum atomic E-state index is -4.51. The van der Waals surface area contributed by atoms with Crippen LogP contribution in [-0.2, 0) is 17.4 Å². The molecule has 0 spiro atoms. The highest BCUT2D eigenvalue weighted by Crippen LogP contribution is 2.43. The summed E-state index contributed by atoms with van der Waals surface area (Å²) in [6, 6.07) is 8.50. The molecule has 1 aliphatic heterocycles. The molecule has 2 aromatic rings. The van der Waals surface area contributed by atoms with Crippen molar-refractivity contribution in [2.24, 2.45) is 11.8 Å². The molecule has 186 valence electrons. The van der Waals surface area contributed by atoms with E-state index in [2.05, 4.69) is 11.8 Å². The first-order valence-corrected chi connectivity index (χ1v) is 12.4. The smallest absolute Gasteiger partial charge is 0.420 e. The van der Waals surface area contributed by atoms with E-state index in [-0.39, 0.29) is 29.6 Å². The Morgan fingerprint density at radius 2 is 1.85 bits per heavy atom. The van der Waals surface area contributed by atoms with Gasteiger partial charge in [0.2, 0.25) is 0 Å². The van der Waals surface area contributed by atoms with Gasteiger partial charge in [0, 0.05) is 19.5 Å². The van der Waals surface area contributed by atoms with Gasteiger partial charge in [0.25, 0.3) is 0 Å². The predicted octanol–water partition coefficient (Wildman–Crippen LogP) is 6.55. The van der Waals surface area contributed by atoms with Crippen molar-refractivity contribution in [1.82, 2.24) is 4.90 Å². The molecule has 34 heavy (non-hydrogen) atoms. The molecular weight excluding hydrogens is 443 g/mol. The predicted molar refractivity (Wildman–Crippen MR) is 126 cm³/mol. The molecule has 0 unspecified atom stereocenters. The number of piperidine rings is 1. The van der Waals surface area contributed by atoms with Gasteiger partial charge in [-0.05, 0) is 85.7 Å². The lowest BCUT2D eigenvalue weighted by atomic mass is 9.89. The molecule has 0 amide bonds. The third kappa shape index (κ3) is 6.23. The van der Waals surface area contributed by atoms with Gasteiger partial charge in [0.05, 0.1) is 6.10 Å². The Kier molecular flexibility index (Phi) is 7.70. The molecular formula is C27H34F3NO3. The number of likely N-dealkylation sites (tertiary alicyclic amines) is 1. The summed E-state index contributed by atoms with van der Waals surface area (Å²) >= 11 is 0. The average Bonchev–Trinajstić information content (AvgIpc) is 2.78. The van der Waals surface area contributed by atoms with E-state index in [4.69, 9.17) is 9.84 Å². The summed E-state index contributed by atoms with van der Waals surface area (Å²) in [7, 11) is 0. The van der Waals surface area contributed by atoms with E-state index in [1.807, 2.05) is 6.07 Å². The monoisotopic (exact) mass is 477 g/mol. The number of ether oxygens (including phenoxy) is 1. The highest BCUT2D eigenvalue weighted by Gasteiger charge is 2.37. The van der Waals surface area contributed by atoms with Crippen LogP contribution in [-0.4, -0.2) is 41.7 Å². The van der Waals surface area contributed by atoms with E-state index in [0.717, 1.165) is 57.2 Å². The highest BCUT2D eigenvalue weighted by molar-refractivity contribution is 5.89. The van der Waals surface area contributed by atoms with Gasteiger partial charge in [0.15, 0.2) is 0 Å². The summed E-state index contributed by atoms with van der Waals surface area (Å²) in [5.41, 5.74) is 0.173. The molecule has 1 atom stereocenters. The van der Waals surface area contributed by atoms with Crippen molar-refractivity contribution in [1.29, 1.82) is 0 Å². The minimum Gasteiger partial charge on any atom is -0.490 e. The largest absolute Gasteiger partial charge is 0.490 e. The van der Waals surface area contributed by atoms with Crippen molar-refractivity contribution in [2.45, 2.75) is 70.6 Å². The molecule has 4 nitrogen and oxygen atoms in total. The van der Waals surface area contributed by atoms with Crippen molar-refractivity contribution < 1.29 is 27.8 Å². The van der Waals surface area contributed by atoms with Crippen LogP contribution in [0.4, 0.5) is 13.2 Å². The molecule has 4 rings (SSSR count). The van der Waals surface area contributed by atoms with Gasteiger partial charge in [-0.25, -0.2) is 0 Å². The molecule has 2 aromatic carbocycles. The zero-order valence-corrected chi connectivity index (χ0v) is 19.7. The first kappa shape index (κ1) is 24.8. The van der Waals surface area contributed by atoms with Crippen LogP contribution in [0.25, 0.3) is 10.8 Å². The molecule has 2 aliphatic rings. The van der Waals surface area contributed by atoms with Crippen molar-refractivity contribution in [3.63, 3.8) is 0 Å². The Morgan fingerprint density at radius 1 is 1.12 bits per heavy atom. The minimum absolute atomic E-state index is 0.0655. The summed E-state index contributed by atoms with van der Waals surface area (Å²) in [5, 5.41) is 9.81.